The summed E-state index contributed by atoms with van der Waals surface area (Å²) in [6.07, 6.45) is 3.58. The van der Waals surface area contributed by atoms with Crippen LogP contribution >= 0.6 is 0 Å². The summed E-state index contributed by atoms with van der Waals surface area (Å²) in [6, 6.07) is 0. The lowest BCUT2D eigenvalue weighted by atomic mass is 10.0. The highest BCUT2D eigenvalue weighted by Gasteiger charge is 2.18. The van der Waals surface area contributed by atoms with Gasteiger partial charge in [-0.25, -0.2) is 4.98 Å². The maximum Gasteiger partial charge on any atom is 0.0949 e. The van der Waals surface area contributed by atoms with Gasteiger partial charge in [-0.1, -0.05) is 0 Å². The lowest BCUT2D eigenvalue weighted by molar-refractivity contribution is 0.185. The monoisotopic (exact) mass is 183 g/mol. The van der Waals surface area contributed by atoms with Crippen LogP contribution in [0.15, 0.2) is 12.5 Å². The van der Waals surface area contributed by atoms with Crippen LogP contribution in [0.4, 0.5) is 0 Å². The summed E-state index contributed by atoms with van der Waals surface area (Å²) in [6.45, 7) is 5.41. The van der Waals surface area contributed by atoms with E-state index in [2.05, 4.69) is 4.98 Å². The van der Waals surface area contributed by atoms with E-state index < -0.39 is 0 Å². The molecule has 0 aromatic carbocycles. The predicted molar refractivity (Wildman–Crippen MR) is 51.3 cm³/mol. The molecule has 1 aromatic heterocycles. The minimum Gasteiger partial charge on any atom is -0.383 e. The Hall–Kier alpha value is -0.870. The fourth-order valence-corrected chi connectivity index (χ4v) is 1.23. The zero-order valence-corrected chi connectivity index (χ0v) is 8.45. The third-order valence-electron chi connectivity index (χ3n) is 1.91. The molecular weight excluding hydrogens is 166 g/mol. The van der Waals surface area contributed by atoms with Crippen molar-refractivity contribution in [2.24, 2.45) is 5.73 Å². The van der Waals surface area contributed by atoms with E-state index in [1.165, 1.54) is 0 Å². The van der Waals surface area contributed by atoms with Crippen LogP contribution in [0.1, 0.15) is 19.5 Å². The number of aromatic nitrogens is 2. The Balaban J connectivity index is 2.77. The SMILES string of the molecule is COCCn1cncc1C(C)(C)N. The lowest BCUT2D eigenvalue weighted by Gasteiger charge is -2.20. The summed E-state index contributed by atoms with van der Waals surface area (Å²) in [5.41, 5.74) is 6.66. The highest BCUT2D eigenvalue weighted by molar-refractivity contribution is 5.09. The van der Waals surface area contributed by atoms with Gasteiger partial charge in [-0.15, -0.1) is 0 Å². The minimum absolute atomic E-state index is 0.343. The Kier molecular flexibility index (Phi) is 3.06. The van der Waals surface area contributed by atoms with E-state index in [-0.39, 0.29) is 5.54 Å². The Morgan fingerprint density at radius 1 is 1.62 bits per heavy atom. The van der Waals surface area contributed by atoms with Crippen LogP contribution in [-0.2, 0) is 16.8 Å². The normalized spacial score (nSPS) is 12.0. The number of ether oxygens (including phenoxy) is 1. The fourth-order valence-electron chi connectivity index (χ4n) is 1.23. The van der Waals surface area contributed by atoms with Crippen molar-refractivity contribution in [3.63, 3.8) is 0 Å². The van der Waals surface area contributed by atoms with Gasteiger partial charge in [0.15, 0.2) is 0 Å². The number of hydrogen-bond donors (Lipinski definition) is 1. The molecule has 1 rings (SSSR count). The van der Waals surface area contributed by atoms with E-state index >= 15 is 0 Å². The van der Waals surface area contributed by atoms with Crippen molar-refractivity contribution in [1.82, 2.24) is 9.55 Å². The average molecular weight is 183 g/mol. The van der Waals surface area contributed by atoms with Gasteiger partial charge in [-0.05, 0) is 13.8 Å². The largest absolute Gasteiger partial charge is 0.383 e. The first-order chi connectivity index (χ1) is 6.05. The smallest absolute Gasteiger partial charge is 0.0949 e. The molecule has 0 spiro atoms. The molecule has 1 heterocycles. The van der Waals surface area contributed by atoms with Crippen molar-refractivity contribution in [3.8, 4) is 0 Å². The summed E-state index contributed by atoms with van der Waals surface area (Å²) in [5, 5.41) is 0. The predicted octanol–water partition coefficient (Wildman–Crippen LogP) is 0.723. The molecule has 0 atom stereocenters. The molecule has 0 saturated carbocycles. The van der Waals surface area contributed by atoms with Crippen molar-refractivity contribution in [2.75, 3.05) is 13.7 Å². The molecule has 0 bridgehead atoms. The Morgan fingerprint density at radius 3 is 2.85 bits per heavy atom. The summed E-state index contributed by atoms with van der Waals surface area (Å²) < 4.78 is 7.01. The molecule has 0 aliphatic carbocycles. The third kappa shape index (κ3) is 2.54. The van der Waals surface area contributed by atoms with Crippen molar-refractivity contribution < 1.29 is 4.74 Å². The highest BCUT2D eigenvalue weighted by Crippen LogP contribution is 2.15. The third-order valence-corrected chi connectivity index (χ3v) is 1.91. The maximum atomic E-state index is 5.97. The molecule has 4 heteroatoms. The summed E-state index contributed by atoms with van der Waals surface area (Å²) >= 11 is 0. The van der Waals surface area contributed by atoms with Crippen LogP contribution in [0, 0.1) is 0 Å². The highest BCUT2D eigenvalue weighted by atomic mass is 16.5. The van der Waals surface area contributed by atoms with Gasteiger partial charge < -0.3 is 15.0 Å². The van der Waals surface area contributed by atoms with Gasteiger partial charge in [0.2, 0.25) is 0 Å². The molecule has 2 N–H and O–H groups in total. The van der Waals surface area contributed by atoms with Crippen molar-refractivity contribution in [2.45, 2.75) is 25.9 Å². The molecule has 0 fully saturated rings. The van der Waals surface area contributed by atoms with Crippen LogP contribution in [0.5, 0.6) is 0 Å². The van der Waals surface area contributed by atoms with E-state index in [0.717, 1.165) is 12.2 Å². The van der Waals surface area contributed by atoms with Gasteiger partial charge in [0, 0.05) is 19.9 Å². The van der Waals surface area contributed by atoms with E-state index in [9.17, 15) is 0 Å². The van der Waals surface area contributed by atoms with Gasteiger partial charge in [-0.2, -0.15) is 0 Å². The van der Waals surface area contributed by atoms with Gasteiger partial charge in [0.25, 0.3) is 0 Å². The van der Waals surface area contributed by atoms with Crippen molar-refractivity contribution in [3.05, 3.63) is 18.2 Å². The molecule has 13 heavy (non-hydrogen) atoms. The average Bonchev–Trinajstić information content (AvgIpc) is 2.47. The van der Waals surface area contributed by atoms with Crippen molar-refractivity contribution in [1.29, 1.82) is 0 Å². The molecule has 0 radical (unpaired) electrons. The standard InChI is InChI=1S/C9H17N3O/c1-9(2,10)8-6-11-7-12(8)4-5-13-3/h6-7H,4-5,10H2,1-3H3. The van der Waals surface area contributed by atoms with Crippen LogP contribution in [0.25, 0.3) is 0 Å². The van der Waals surface area contributed by atoms with Crippen LogP contribution in [0.2, 0.25) is 0 Å². The number of methoxy groups -OCH3 is 1. The topological polar surface area (TPSA) is 53.1 Å². The second-order valence-electron chi connectivity index (χ2n) is 3.69. The van der Waals surface area contributed by atoms with Gasteiger partial charge >= 0.3 is 0 Å². The molecule has 0 saturated heterocycles. The molecule has 0 unspecified atom stereocenters. The van der Waals surface area contributed by atoms with Crippen LogP contribution in [0.3, 0.4) is 0 Å². The molecule has 0 aliphatic heterocycles. The van der Waals surface area contributed by atoms with Gasteiger partial charge in [0.05, 0.1) is 24.2 Å². The molecule has 0 aliphatic rings. The minimum atomic E-state index is -0.343. The Morgan fingerprint density at radius 2 is 2.31 bits per heavy atom. The van der Waals surface area contributed by atoms with Crippen molar-refractivity contribution >= 4 is 0 Å². The quantitative estimate of drug-likeness (QED) is 0.748. The second kappa shape index (κ2) is 3.89. The summed E-state index contributed by atoms with van der Waals surface area (Å²) in [7, 11) is 1.68. The van der Waals surface area contributed by atoms with E-state index in [0.29, 0.717) is 6.61 Å². The molecule has 1 aromatic rings. The lowest BCUT2D eigenvalue weighted by Crippen LogP contribution is -2.31. The Labute approximate surface area is 78.7 Å². The molecule has 0 amide bonds. The number of imidazole rings is 1. The Bertz CT molecular complexity index is 262. The molecule has 74 valence electrons. The first-order valence-electron chi connectivity index (χ1n) is 4.34. The summed E-state index contributed by atoms with van der Waals surface area (Å²) in [4.78, 5) is 4.07. The number of nitrogens with zero attached hydrogens (tertiary/aromatic N) is 2. The van der Waals surface area contributed by atoms with Gasteiger partial charge in [-0.3, -0.25) is 0 Å². The molecule has 4 nitrogen and oxygen atoms in total. The van der Waals surface area contributed by atoms with Crippen LogP contribution < -0.4 is 5.73 Å². The number of rotatable bonds is 4. The van der Waals surface area contributed by atoms with E-state index in [1.54, 1.807) is 19.6 Å². The number of hydrogen-bond acceptors (Lipinski definition) is 3. The maximum absolute atomic E-state index is 5.97. The number of nitrogens with two attached hydrogens (primary N) is 1. The van der Waals surface area contributed by atoms with E-state index in [1.807, 2.05) is 18.4 Å². The molecular formula is C9H17N3O. The zero-order valence-electron chi connectivity index (χ0n) is 8.45. The fraction of sp³-hybridized carbons (Fsp3) is 0.667. The van der Waals surface area contributed by atoms with E-state index in [4.69, 9.17) is 10.5 Å². The van der Waals surface area contributed by atoms with Crippen LogP contribution in [-0.4, -0.2) is 23.3 Å². The zero-order chi connectivity index (χ0) is 9.90. The first kappa shape index (κ1) is 10.2. The van der Waals surface area contributed by atoms with Gasteiger partial charge in [0.1, 0.15) is 0 Å². The second-order valence-corrected chi connectivity index (χ2v) is 3.69. The first-order valence-corrected chi connectivity index (χ1v) is 4.34. The summed E-state index contributed by atoms with van der Waals surface area (Å²) in [5.74, 6) is 0.